The van der Waals surface area contributed by atoms with E-state index in [1.807, 2.05) is 0 Å². The van der Waals surface area contributed by atoms with Crippen LogP contribution in [0.15, 0.2) is 206 Å². The van der Waals surface area contributed by atoms with Crippen LogP contribution in [0.2, 0.25) is 0 Å². The molecule has 7 aromatic carbocycles. The van der Waals surface area contributed by atoms with E-state index in [4.69, 9.17) is 0 Å². The first kappa shape index (κ1) is 34.3. The van der Waals surface area contributed by atoms with Gasteiger partial charge in [0.15, 0.2) is 0 Å². The first-order valence-corrected chi connectivity index (χ1v) is 21.8. The second kappa shape index (κ2) is 16.2. The minimum absolute atomic E-state index is 0.177. The summed E-state index contributed by atoms with van der Waals surface area (Å²) in [6.07, 6.45) is 0.984. The lowest BCUT2D eigenvalue weighted by molar-refractivity contribution is 0.424. The smallest absolute Gasteiger partial charge is 0.0458 e. The normalized spacial score (nSPS) is 15.6. The van der Waals surface area contributed by atoms with Gasteiger partial charge in [0.2, 0.25) is 0 Å². The lowest BCUT2D eigenvalue weighted by Crippen LogP contribution is -2.34. The Morgan fingerprint density at radius 1 is 0.333 bits per heavy atom. The molecule has 0 spiro atoms. The second-order valence-corrected chi connectivity index (χ2v) is 20.1. The highest BCUT2D eigenvalue weighted by Gasteiger charge is 2.45. The predicted octanol–water partition coefficient (Wildman–Crippen LogP) is 9.71. The summed E-state index contributed by atoms with van der Waals surface area (Å²) in [4.78, 5) is 0. The number of hydrogen-bond acceptors (Lipinski definition) is 2. The molecule has 0 amide bonds. The predicted molar refractivity (Wildman–Crippen MR) is 227 cm³/mol. The van der Waals surface area contributed by atoms with Crippen LogP contribution in [-0.2, 0) is 0 Å². The lowest BCUT2D eigenvalue weighted by atomic mass is 10.1. The van der Waals surface area contributed by atoms with Gasteiger partial charge >= 0.3 is 0 Å². The average Bonchev–Trinajstić information content (AvgIpc) is 3.60. The first-order chi connectivity index (χ1) is 25.3. The highest BCUT2D eigenvalue weighted by molar-refractivity contribution is 7.84. The Labute approximate surface area is 308 Å². The summed E-state index contributed by atoms with van der Waals surface area (Å²) in [5.41, 5.74) is 2.86. The Bertz CT molecular complexity index is 1920. The molecule has 0 heterocycles. The Balaban J connectivity index is 1.33. The van der Waals surface area contributed by atoms with Crippen molar-refractivity contribution in [3.05, 3.63) is 217 Å². The molecule has 250 valence electrons. The fourth-order valence-electron chi connectivity index (χ4n) is 7.16. The van der Waals surface area contributed by atoms with Gasteiger partial charge in [0.1, 0.15) is 0 Å². The van der Waals surface area contributed by atoms with E-state index in [9.17, 15) is 0 Å². The maximum atomic E-state index is 3.23. The SMILES string of the molecule is PN(C1CC(N(P(c2ccccc2)c2ccccc2)P(c2ccccc2)c2ccccc2)c2ccccc21)P(c1ccccc1)c1ccccc1. The summed E-state index contributed by atoms with van der Waals surface area (Å²) < 4.78 is 5.59. The molecule has 0 aromatic heterocycles. The van der Waals surface area contributed by atoms with Gasteiger partial charge in [-0.25, -0.2) is 4.44 Å². The molecule has 0 saturated carbocycles. The van der Waals surface area contributed by atoms with Crippen LogP contribution < -0.4 is 31.8 Å². The van der Waals surface area contributed by atoms with Crippen LogP contribution in [0.25, 0.3) is 0 Å². The molecule has 0 N–H and O–H groups in total. The van der Waals surface area contributed by atoms with Gasteiger partial charge in [0, 0.05) is 36.3 Å². The van der Waals surface area contributed by atoms with Crippen LogP contribution in [-0.4, -0.2) is 8.88 Å². The standard InChI is InChI=1S/C45H40N2P4/c48-46(49(36-21-7-1-8-22-36)37-23-9-2-10-24-37)44-35-45(43-34-20-19-33-42(43)44)47(50(38-25-11-3-12-26-38)39-27-13-4-14-28-39)51(40-29-15-5-16-30-40)41-31-17-6-18-32-41/h1-34,44-45H,35,48H2. The molecule has 0 bridgehead atoms. The Morgan fingerprint density at radius 3 is 0.902 bits per heavy atom. The molecular weight excluding hydrogens is 692 g/mol. The Hall–Kier alpha value is -3.82. The fraction of sp³-hybridized carbons (Fsp3) is 0.0667. The summed E-state index contributed by atoms with van der Waals surface area (Å²) in [5, 5.41) is 8.21. The molecule has 7 aromatic rings. The van der Waals surface area contributed by atoms with Gasteiger partial charge in [-0.15, -0.1) is 0 Å². The molecule has 2 nitrogen and oxygen atoms in total. The van der Waals surface area contributed by atoms with Crippen LogP contribution in [0.5, 0.6) is 0 Å². The molecule has 0 fully saturated rings. The highest BCUT2D eigenvalue weighted by Crippen LogP contribution is 2.64. The summed E-state index contributed by atoms with van der Waals surface area (Å²) in [6, 6.07) is 76.9. The van der Waals surface area contributed by atoms with E-state index >= 15 is 0 Å². The highest BCUT2D eigenvalue weighted by atomic mass is 31.2. The third-order valence-corrected chi connectivity index (χ3v) is 18.4. The number of fused-ring (bicyclic) bond motifs is 1. The summed E-state index contributed by atoms with van der Waals surface area (Å²) in [6.45, 7) is 0. The van der Waals surface area contributed by atoms with Crippen molar-refractivity contribution < 1.29 is 0 Å². The zero-order valence-electron chi connectivity index (χ0n) is 28.3. The number of rotatable bonds is 11. The Morgan fingerprint density at radius 2 is 0.588 bits per heavy atom. The molecule has 3 atom stereocenters. The van der Waals surface area contributed by atoms with Crippen molar-refractivity contribution in [3.8, 4) is 0 Å². The van der Waals surface area contributed by atoms with Crippen molar-refractivity contribution >= 4 is 65.4 Å². The number of nitrogens with zero attached hydrogens (tertiary/aromatic N) is 2. The maximum absolute atomic E-state index is 3.23. The van der Waals surface area contributed by atoms with Gasteiger partial charge in [0.05, 0.1) is 0 Å². The third kappa shape index (κ3) is 7.29. The van der Waals surface area contributed by atoms with E-state index in [1.54, 1.807) is 0 Å². The van der Waals surface area contributed by atoms with Gasteiger partial charge in [-0.1, -0.05) is 216 Å². The zero-order valence-corrected chi connectivity index (χ0v) is 32.1. The molecule has 51 heavy (non-hydrogen) atoms. The molecule has 0 aliphatic heterocycles. The summed E-state index contributed by atoms with van der Waals surface area (Å²) in [7, 11) is 0.552. The first-order valence-electron chi connectivity index (χ1n) is 17.4. The van der Waals surface area contributed by atoms with Gasteiger partial charge in [0.25, 0.3) is 0 Å². The molecule has 0 saturated heterocycles. The van der Waals surface area contributed by atoms with Crippen molar-refractivity contribution in [3.63, 3.8) is 0 Å². The van der Waals surface area contributed by atoms with Crippen molar-refractivity contribution in [2.24, 2.45) is 0 Å². The second-order valence-electron chi connectivity index (χ2n) is 12.5. The van der Waals surface area contributed by atoms with E-state index in [1.165, 1.54) is 43.0 Å². The van der Waals surface area contributed by atoms with Gasteiger partial charge in [-0.05, 0) is 49.4 Å². The van der Waals surface area contributed by atoms with Crippen molar-refractivity contribution in [1.82, 2.24) is 8.88 Å². The van der Waals surface area contributed by atoms with E-state index in [2.05, 4.69) is 225 Å². The minimum Gasteiger partial charge on any atom is -0.251 e. The van der Waals surface area contributed by atoms with E-state index < -0.39 is 24.2 Å². The Kier molecular flexibility index (Phi) is 10.9. The topological polar surface area (TPSA) is 6.48 Å². The van der Waals surface area contributed by atoms with Crippen LogP contribution in [0.3, 0.4) is 0 Å². The maximum Gasteiger partial charge on any atom is 0.0458 e. The van der Waals surface area contributed by atoms with Crippen molar-refractivity contribution in [2.75, 3.05) is 0 Å². The molecule has 0 radical (unpaired) electrons. The lowest BCUT2D eigenvalue weighted by Gasteiger charge is -2.43. The van der Waals surface area contributed by atoms with Crippen LogP contribution in [0, 0.1) is 0 Å². The molecule has 8 rings (SSSR count). The summed E-state index contributed by atoms with van der Waals surface area (Å²) >= 11 is 0. The third-order valence-electron chi connectivity index (χ3n) is 9.40. The molecule has 6 heteroatoms. The van der Waals surface area contributed by atoms with Gasteiger partial charge in [-0.3, -0.25) is 4.44 Å². The monoisotopic (exact) mass is 732 g/mol. The van der Waals surface area contributed by atoms with Crippen LogP contribution in [0.4, 0.5) is 0 Å². The average molecular weight is 733 g/mol. The molecular formula is C45H40N2P4. The van der Waals surface area contributed by atoms with E-state index in [0.717, 1.165) is 6.42 Å². The molecule has 1 aliphatic rings. The van der Waals surface area contributed by atoms with Gasteiger partial charge < -0.3 is 0 Å². The zero-order chi connectivity index (χ0) is 34.4. The van der Waals surface area contributed by atoms with Crippen LogP contribution in [0.1, 0.15) is 29.6 Å². The molecule has 3 unspecified atom stereocenters. The van der Waals surface area contributed by atoms with Crippen LogP contribution >= 0.6 is 33.6 Å². The quantitative estimate of drug-likeness (QED) is 0.122. The largest absolute Gasteiger partial charge is 0.251 e. The van der Waals surface area contributed by atoms with Crippen molar-refractivity contribution in [2.45, 2.75) is 18.5 Å². The fourth-order valence-corrected chi connectivity index (χ4v) is 16.8. The number of hydrogen-bond donors (Lipinski definition) is 0. The van der Waals surface area contributed by atoms with E-state index in [-0.39, 0.29) is 12.1 Å². The van der Waals surface area contributed by atoms with Crippen molar-refractivity contribution in [1.29, 1.82) is 0 Å². The minimum atomic E-state index is -0.936. The van der Waals surface area contributed by atoms with Gasteiger partial charge in [-0.2, -0.15) is 0 Å². The number of benzene rings is 7. The summed E-state index contributed by atoms with van der Waals surface area (Å²) in [5.74, 6) is 0. The van der Waals surface area contributed by atoms with E-state index in [0.29, 0.717) is 0 Å². The molecule has 1 aliphatic carbocycles.